The summed E-state index contributed by atoms with van der Waals surface area (Å²) in [7, 11) is 1.85. The van der Waals surface area contributed by atoms with Gasteiger partial charge in [0.05, 0.1) is 7.05 Å². The Morgan fingerprint density at radius 3 is 2.36 bits per heavy atom. The van der Waals surface area contributed by atoms with Crippen LogP contribution in [0.3, 0.4) is 0 Å². The maximum Gasteiger partial charge on any atom is 0.138 e. The molecule has 1 atom stereocenters. The molecule has 0 saturated heterocycles. The van der Waals surface area contributed by atoms with E-state index in [2.05, 4.69) is 28.1 Å². The summed E-state index contributed by atoms with van der Waals surface area (Å²) in [5.74, 6) is 0. The summed E-state index contributed by atoms with van der Waals surface area (Å²) >= 11 is 2.09. The Morgan fingerprint density at radius 1 is 1.36 bits per heavy atom. The molecule has 0 bridgehead atoms. The zero-order chi connectivity index (χ0) is 8.32. The predicted octanol–water partition coefficient (Wildman–Crippen LogP) is -0.962. The van der Waals surface area contributed by atoms with Crippen molar-refractivity contribution in [2.24, 2.45) is 5.22 Å². The molecule has 3 nitrogen and oxygen atoms in total. The van der Waals surface area contributed by atoms with Crippen LogP contribution in [0.25, 0.3) is 0 Å². The third kappa shape index (κ3) is 1.97. The summed E-state index contributed by atoms with van der Waals surface area (Å²) in [6.07, 6.45) is 0. The Balaban J connectivity index is 3.02. The fourth-order valence-corrected chi connectivity index (χ4v) is 1.08. The van der Waals surface area contributed by atoms with Crippen LogP contribution in [0.4, 0.5) is 5.69 Å². The number of benzene rings is 1. The zero-order valence-electron chi connectivity index (χ0n) is 6.16. The number of nitrogens with zero attached hydrogens (tertiary/aromatic N) is 2. The Kier molecular flexibility index (Phi) is 2.56. The monoisotopic (exact) mass is 262 g/mol. The quantitative estimate of drug-likeness (QED) is 0.308. The Bertz CT molecular complexity index is 245. The van der Waals surface area contributed by atoms with Gasteiger partial charge in [-0.2, -0.15) is 5.53 Å². The first kappa shape index (κ1) is 8.61. The molecule has 0 aromatic heterocycles. The van der Waals surface area contributed by atoms with Gasteiger partial charge in [-0.15, -0.1) is 0 Å². The molecule has 0 aliphatic rings. The van der Waals surface area contributed by atoms with E-state index in [0.717, 1.165) is 5.69 Å². The average Bonchev–Trinajstić information content (AvgIpc) is 2.06. The number of halogens is 1. The van der Waals surface area contributed by atoms with Gasteiger partial charge in [0.1, 0.15) is 5.69 Å². The normalized spacial score (nSPS) is 15.5. The third-order valence-electron chi connectivity index (χ3n) is 1.42. The van der Waals surface area contributed by atoms with E-state index in [4.69, 9.17) is 5.53 Å². The van der Waals surface area contributed by atoms with Gasteiger partial charge in [0, 0.05) is 5.22 Å². The van der Waals surface area contributed by atoms with E-state index in [9.17, 15) is 0 Å². The molecule has 4 heteroatoms. The fourth-order valence-electron chi connectivity index (χ4n) is 0.758. The van der Waals surface area contributed by atoms with E-state index in [1.54, 1.807) is 0 Å². The van der Waals surface area contributed by atoms with Crippen LogP contribution in [0.15, 0.2) is 35.6 Å². The van der Waals surface area contributed by atoms with Gasteiger partial charge in [0.2, 0.25) is 0 Å². The molecule has 0 fully saturated rings. The number of hydrogen-bond acceptors (Lipinski definition) is 2. The van der Waals surface area contributed by atoms with Crippen LogP contribution in [-0.2, 0) is 0 Å². The van der Waals surface area contributed by atoms with E-state index in [1.807, 2.05) is 37.4 Å². The van der Waals surface area contributed by atoms with Gasteiger partial charge in [-0.1, -0.05) is 18.2 Å². The molecular weight excluding hydrogens is 253 g/mol. The molecular formula is C7H9IN3. The van der Waals surface area contributed by atoms with E-state index >= 15 is 0 Å². The molecule has 1 N–H and O–H groups in total. The molecule has 59 valence electrons. The van der Waals surface area contributed by atoms with Crippen molar-refractivity contribution in [2.75, 3.05) is 7.05 Å². The van der Waals surface area contributed by atoms with Crippen LogP contribution < -0.4 is 25.7 Å². The summed E-state index contributed by atoms with van der Waals surface area (Å²) in [6, 6.07) is 9.73. The lowest BCUT2D eigenvalue weighted by Gasteiger charge is -2.29. The van der Waals surface area contributed by atoms with Crippen molar-refractivity contribution in [2.45, 2.75) is 0 Å². The third-order valence-corrected chi connectivity index (χ3v) is 2.19. The Morgan fingerprint density at radius 2 is 1.91 bits per heavy atom. The number of rotatable bonds is 2. The summed E-state index contributed by atoms with van der Waals surface area (Å²) in [5, 5.41) is 3.46. The van der Waals surface area contributed by atoms with E-state index in [0.29, 0.717) is 0 Å². The van der Waals surface area contributed by atoms with E-state index < -0.39 is 0 Å². The first-order chi connectivity index (χ1) is 5.17. The molecule has 0 amide bonds. The van der Waals surface area contributed by atoms with Gasteiger partial charge >= 0.3 is 0 Å². The van der Waals surface area contributed by atoms with Crippen molar-refractivity contribution in [1.29, 1.82) is 5.53 Å². The second kappa shape index (κ2) is 3.27. The summed E-state index contributed by atoms with van der Waals surface area (Å²) in [6.45, 7) is 0. The SMILES string of the molecule is C[N+]([I-])(N=N)c1ccccc1. The summed E-state index contributed by atoms with van der Waals surface area (Å²) < 4.78 is 0.221. The standard InChI is InChI=1S/C7H9IN3/c1-11(8,10-9)7-5-3-2-4-6-7/h2-6,9H,1H3. The van der Waals surface area contributed by atoms with Crippen molar-refractivity contribution < 1.29 is 22.9 Å². The Labute approximate surface area is 79.6 Å². The molecule has 1 unspecified atom stereocenters. The van der Waals surface area contributed by atoms with Crippen LogP contribution in [-0.4, -0.2) is 7.05 Å². The van der Waals surface area contributed by atoms with Crippen molar-refractivity contribution in [3.63, 3.8) is 0 Å². The highest BCUT2D eigenvalue weighted by atomic mass is 127. The molecule has 0 aliphatic heterocycles. The highest BCUT2D eigenvalue weighted by molar-refractivity contribution is 5.37. The smallest absolute Gasteiger partial charge is 0.138 e. The average molecular weight is 262 g/mol. The zero-order valence-corrected chi connectivity index (χ0v) is 8.32. The summed E-state index contributed by atoms with van der Waals surface area (Å²) in [4.78, 5) is 0. The van der Waals surface area contributed by atoms with Crippen LogP contribution in [0.1, 0.15) is 0 Å². The summed E-state index contributed by atoms with van der Waals surface area (Å²) in [5.41, 5.74) is 7.94. The van der Waals surface area contributed by atoms with Crippen LogP contribution in [0, 0.1) is 5.53 Å². The molecule has 0 saturated carbocycles. The lowest BCUT2D eigenvalue weighted by Crippen LogP contribution is -3.47. The van der Waals surface area contributed by atoms with Gasteiger partial charge < -0.3 is 22.9 Å². The number of quaternary nitrogens is 1. The minimum atomic E-state index is 0.221. The largest absolute Gasteiger partial charge is 0.430 e. The Hall–Kier alpha value is -0.490. The number of nitrogens with one attached hydrogen (secondary N) is 1. The highest BCUT2D eigenvalue weighted by Gasteiger charge is 2.08. The minimum Gasteiger partial charge on any atom is -0.430 e. The van der Waals surface area contributed by atoms with Gasteiger partial charge in [0.15, 0.2) is 0 Å². The molecule has 1 rings (SSSR count). The molecule has 11 heavy (non-hydrogen) atoms. The van der Waals surface area contributed by atoms with Crippen LogP contribution in [0.5, 0.6) is 0 Å². The molecule has 0 heterocycles. The second-order valence-corrected chi connectivity index (χ2v) is 4.17. The van der Waals surface area contributed by atoms with Crippen molar-refractivity contribution in [3.05, 3.63) is 30.3 Å². The fraction of sp³-hybridized carbons (Fsp3) is 0.143. The van der Waals surface area contributed by atoms with Crippen LogP contribution in [0.2, 0.25) is 0 Å². The second-order valence-electron chi connectivity index (χ2n) is 2.29. The molecule has 1 radical (unpaired) electrons. The highest BCUT2D eigenvalue weighted by Crippen LogP contribution is 2.12. The minimum absolute atomic E-state index is 0.221. The van der Waals surface area contributed by atoms with Gasteiger partial charge in [0.25, 0.3) is 0 Å². The van der Waals surface area contributed by atoms with Crippen molar-refractivity contribution in [3.8, 4) is 0 Å². The molecule has 0 spiro atoms. The predicted molar refractivity (Wildman–Crippen MR) is 39.3 cm³/mol. The van der Waals surface area contributed by atoms with Gasteiger partial charge in [-0.05, 0) is 12.1 Å². The first-order valence-corrected chi connectivity index (χ1v) is 4.14. The van der Waals surface area contributed by atoms with Crippen molar-refractivity contribution >= 4 is 5.69 Å². The first-order valence-electron chi connectivity index (χ1n) is 3.17. The number of hydrogen-bond donors (Lipinski definition) is 1. The molecule has 1 aromatic carbocycles. The van der Waals surface area contributed by atoms with Gasteiger partial charge in [-0.25, -0.2) is 0 Å². The maximum absolute atomic E-state index is 6.93. The van der Waals surface area contributed by atoms with Gasteiger partial charge in [-0.3, -0.25) is 2.81 Å². The van der Waals surface area contributed by atoms with Crippen LogP contribution >= 0.6 is 0 Å². The lowest BCUT2D eigenvalue weighted by molar-refractivity contribution is -0.557. The molecule has 1 aromatic rings. The molecule has 0 aliphatic carbocycles. The van der Waals surface area contributed by atoms with Crippen molar-refractivity contribution in [1.82, 2.24) is 2.81 Å². The maximum atomic E-state index is 6.93. The van der Waals surface area contributed by atoms with E-state index in [-0.39, 0.29) is 2.81 Å². The number of para-hydroxylation sites is 1. The lowest BCUT2D eigenvalue weighted by atomic mass is 10.3. The van der Waals surface area contributed by atoms with E-state index in [1.165, 1.54) is 0 Å². The topological polar surface area (TPSA) is 36.2 Å².